The summed E-state index contributed by atoms with van der Waals surface area (Å²) in [5, 5.41) is 1.09. The number of carbonyl (C=O) groups is 1. The highest BCUT2D eigenvalue weighted by Crippen LogP contribution is 2.30. The average molecular weight is 297 g/mol. The molecule has 1 aromatic carbocycles. The van der Waals surface area contributed by atoms with Crippen molar-refractivity contribution in [1.29, 1.82) is 0 Å². The van der Waals surface area contributed by atoms with Gasteiger partial charge in [-0.1, -0.05) is 23.7 Å². The maximum atomic E-state index is 11.6. The van der Waals surface area contributed by atoms with Crippen molar-refractivity contribution < 1.29 is 9.53 Å². The van der Waals surface area contributed by atoms with Gasteiger partial charge in [-0.15, -0.1) is 11.3 Å². The van der Waals surface area contributed by atoms with Gasteiger partial charge in [0.2, 0.25) is 0 Å². The minimum absolute atomic E-state index is 0.181. The molecule has 0 aliphatic heterocycles. The first-order valence-electron chi connectivity index (χ1n) is 5.77. The zero-order chi connectivity index (χ0) is 13.8. The molecule has 1 aromatic heterocycles. The lowest BCUT2D eigenvalue weighted by Gasteiger charge is -2.03. The Labute approximate surface area is 120 Å². The number of nitrogens with two attached hydrogens (primary N) is 1. The Morgan fingerprint density at radius 3 is 2.74 bits per heavy atom. The second kappa shape index (κ2) is 6.04. The van der Waals surface area contributed by atoms with Gasteiger partial charge in [0, 0.05) is 15.5 Å². The van der Waals surface area contributed by atoms with Gasteiger partial charge in [-0.3, -0.25) is 4.79 Å². The topological polar surface area (TPSA) is 65.2 Å². The van der Waals surface area contributed by atoms with Crippen LogP contribution in [0.2, 0.25) is 5.02 Å². The zero-order valence-electron chi connectivity index (χ0n) is 10.4. The van der Waals surface area contributed by atoms with Crippen molar-refractivity contribution in [2.24, 2.45) is 0 Å². The van der Waals surface area contributed by atoms with Crippen LogP contribution in [0.1, 0.15) is 11.8 Å². The lowest BCUT2D eigenvalue weighted by molar-refractivity contribution is -0.142. The Morgan fingerprint density at radius 1 is 1.42 bits per heavy atom. The summed E-state index contributed by atoms with van der Waals surface area (Å²) in [5.74, 6) is -0.277. The summed E-state index contributed by atoms with van der Waals surface area (Å²) >= 11 is 7.15. The minimum Gasteiger partial charge on any atom is -0.466 e. The molecule has 0 aliphatic carbocycles. The van der Waals surface area contributed by atoms with Crippen molar-refractivity contribution in [3.63, 3.8) is 0 Å². The number of carbonyl (C=O) groups excluding carboxylic acids is 1. The monoisotopic (exact) mass is 296 g/mol. The van der Waals surface area contributed by atoms with Gasteiger partial charge in [0.15, 0.2) is 5.13 Å². The quantitative estimate of drug-likeness (QED) is 0.880. The summed E-state index contributed by atoms with van der Waals surface area (Å²) < 4.78 is 4.94. The van der Waals surface area contributed by atoms with Crippen LogP contribution in [-0.4, -0.2) is 17.6 Å². The average Bonchev–Trinajstić information content (AvgIpc) is 2.71. The van der Waals surface area contributed by atoms with Crippen LogP contribution in [0.15, 0.2) is 24.3 Å². The minimum atomic E-state index is -0.277. The fourth-order valence-corrected chi connectivity index (χ4v) is 2.63. The molecule has 2 aromatic rings. The third kappa shape index (κ3) is 3.45. The molecule has 100 valence electrons. The number of hydrogen-bond acceptors (Lipinski definition) is 5. The molecule has 0 aliphatic rings. The number of ether oxygens (including phenoxy) is 1. The van der Waals surface area contributed by atoms with E-state index in [-0.39, 0.29) is 12.4 Å². The zero-order valence-corrected chi connectivity index (χ0v) is 11.9. The van der Waals surface area contributed by atoms with Gasteiger partial charge < -0.3 is 10.5 Å². The lowest BCUT2D eigenvalue weighted by atomic mass is 10.1. The standard InChI is InChI=1S/C13H13ClN2O2S/c1-2-18-11(17)7-10-12(16-13(15)19-10)8-3-5-9(14)6-4-8/h3-6H,2,7H2,1H3,(H2,15,16). The molecule has 0 saturated heterocycles. The molecule has 0 unspecified atom stereocenters. The highest BCUT2D eigenvalue weighted by molar-refractivity contribution is 7.15. The van der Waals surface area contributed by atoms with Crippen molar-refractivity contribution in [3.8, 4) is 11.3 Å². The summed E-state index contributed by atoms with van der Waals surface area (Å²) in [6, 6.07) is 7.26. The van der Waals surface area contributed by atoms with Crippen LogP contribution in [0.25, 0.3) is 11.3 Å². The van der Waals surface area contributed by atoms with Crippen molar-refractivity contribution in [2.75, 3.05) is 12.3 Å². The maximum absolute atomic E-state index is 11.6. The van der Waals surface area contributed by atoms with Crippen molar-refractivity contribution in [1.82, 2.24) is 4.98 Å². The van der Waals surface area contributed by atoms with E-state index < -0.39 is 0 Å². The van der Waals surface area contributed by atoms with Gasteiger partial charge in [-0.2, -0.15) is 0 Å². The van der Waals surface area contributed by atoms with Crippen LogP contribution in [0.5, 0.6) is 0 Å². The molecular formula is C13H13ClN2O2S. The Morgan fingerprint density at radius 2 is 2.11 bits per heavy atom. The highest BCUT2D eigenvalue weighted by atomic mass is 35.5. The van der Waals surface area contributed by atoms with Gasteiger partial charge in [-0.25, -0.2) is 4.98 Å². The fourth-order valence-electron chi connectivity index (χ4n) is 1.67. The molecule has 19 heavy (non-hydrogen) atoms. The van der Waals surface area contributed by atoms with Crippen LogP contribution in [0, 0.1) is 0 Å². The molecule has 2 rings (SSSR count). The van der Waals surface area contributed by atoms with E-state index in [1.807, 2.05) is 12.1 Å². The fraction of sp³-hybridized carbons (Fsp3) is 0.231. The molecule has 1 heterocycles. The lowest BCUT2D eigenvalue weighted by Crippen LogP contribution is -2.07. The van der Waals surface area contributed by atoms with E-state index in [1.54, 1.807) is 19.1 Å². The Balaban J connectivity index is 2.30. The number of hydrogen-bond donors (Lipinski definition) is 1. The van der Waals surface area contributed by atoms with Crippen LogP contribution in [-0.2, 0) is 16.0 Å². The number of nitrogens with zero attached hydrogens (tertiary/aromatic N) is 1. The molecule has 0 atom stereocenters. The maximum Gasteiger partial charge on any atom is 0.311 e. The first kappa shape index (κ1) is 13.8. The van der Waals surface area contributed by atoms with Crippen LogP contribution in [0.3, 0.4) is 0 Å². The number of rotatable bonds is 4. The molecular weight excluding hydrogens is 284 g/mol. The van der Waals surface area contributed by atoms with Gasteiger partial charge in [0.25, 0.3) is 0 Å². The first-order chi connectivity index (χ1) is 9.10. The number of halogens is 1. The number of thiazole rings is 1. The predicted molar refractivity (Wildman–Crippen MR) is 77.3 cm³/mol. The Hall–Kier alpha value is -1.59. The van der Waals surface area contributed by atoms with Crippen LogP contribution < -0.4 is 5.73 Å². The number of anilines is 1. The number of esters is 1. The predicted octanol–water partition coefficient (Wildman–Crippen LogP) is 3.15. The summed E-state index contributed by atoms with van der Waals surface area (Å²) in [6.07, 6.45) is 0.181. The van der Waals surface area contributed by atoms with Gasteiger partial charge >= 0.3 is 5.97 Å². The SMILES string of the molecule is CCOC(=O)Cc1sc(N)nc1-c1ccc(Cl)cc1. The van der Waals surface area contributed by atoms with E-state index in [4.69, 9.17) is 22.1 Å². The Kier molecular flexibility index (Phi) is 4.39. The largest absolute Gasteiger partial charge is 0.466 e. The van der Waals surface area contributed by atoms with Crippen LogP contribution in [0.4, 0.5) is 5.13 Å². The van der Waals surface area contributed by atoms with Gasteiger partial charge in [0.05, 0.1) is 18.7 Å². The first-order valence-corrected chi connectivity index (χ1v) is 6.96. The number of aromatic nitrogens is 1. The number of nitrogen functional groups attached to an aromatic ring is 1. The second-order valence-electron chi connectivity index (χ2n) is 3.81. The van der Waals surface area contributed by atoms with Gasteiger partial charge in [-0.05, 0) is 19.1 Å². The molecule has 0 fully saturated rings. The summed E-state index contributed by atoms with van der Waals surface area (Å²) in [4.78, 5) is 16.6. The highest BCUT2D eigenvalue weighted by Gasteiger charge is 2.15. The van der Waals surface area contributed by atoms with Crippen molar-refractivity contribution in [3.05, 3.63) is 34.2 Å². The van der Waals surface area contributed by atoms with E-state index in [0.29, 0.717) is 22.5 Å². The molecule has 0 saturated carbocycles. The normalized spacial score (nSPS) is 10.4. The summed E-state index contributed by atoms with van der Waals surface area (Å²) in [5.41, 5.74) is 7.33. The molecule has 6 heteroatoms. The molecule has 0 bridgehead atoms. The number of benzene rings is 1. The third-order valence-electron chi connectivity index (χ3n) is 2.44. The second-order valence-corrected chi connectivity index (χ2v) is 5.36. The molecule has 0 spiro atoms. The summed E-state index contributed by atoms with van der Waals surface area (Å²) in [7, 11) is 0. The van der Waals surface area contributed by atoms with E-state index in [1.165, 1.54) is 11.3 Å². The van der Waals surface area contributed by atoms with Crippen molar-refractivity contribution >= 4 is 34.0 Å². The molecule has 2 N–H and O–H groups in total. The third-order valence-corrected chi connectivity index (χ3v) is 3.58. The van der Waals surface area contributed by atoms with E-state index in [2.05, 4.69) is 4.98 Å². The Bertz CT molecular complexity index is 581. The smallest absolute Gasteiger partial charge is 0.311 e. The van der Waals surface area contributed by atoms with E-state index >= 15 is 0 Å². The van der Waals surface area contributed by atoms with Crippen molar-refractivity contribution in [2.45, 2.75) is 13.3 Å². The summed E-state index contributed by atoms with van der Waals surface area (Å²) in [6.45, 7) is 2.14. The van der Waals surface area contributed by atoms with Crippen LogP contribution >= 0.6 is 22.9 Å². The van der Waals surface area contributed by atoms with Gasteiger partial charge in [0.1, 0.15) is 0 Å². The molecule has 0 radical (unpaired) electrons. The molecule has 4 nitrogen and oxygen atoms in total. The van der Waals surface area contributed by atoms with E-state index in [0.717, 1.165) is 10.4 Å². The van der Waals surface area contributed by atoms with E-state index in [9.17, 15) is 4.79 Å². The molecule has 0 amide bonds.